The zero-order valence-corrected chi connectivity index (χ0v) is 17.8. The Hall–Kier alpha value is -2.93. The number of para-hydroxylation sites is 1. The average Bonchev–Trinajstić information content (AvgIpc) is 2.68. The normalized spacial score (nSPS) is 10.3. The molecule has 2 rings (SSSR count). The van der Waals surface area contributed by atoms with E-state index < -0.39 is 0 Å². The van der Waals surface area contributed by atoms with Gasteiger partial charge in [-0.05, 0) is 54.9 Å². The lowest BCUT2D eigenvalue weighted by Crippen LogP contribution is -2.34. The van der Waals surface area contributed by atoms with E-state index in [0.29, 0.717) is 41.6 Å². The Balaban J connectivity index is 1.98. The summed E-state index contributed by atoms with van der Waals surface area (Å²) in [6.07, 6.45) is 1.30. The van der Waals surface area contributed by atoms with Crippen molar-refractivity contribution >= 4 is 40.5 Å². The van der Waals surface area contributed by atoms with Crippen molar-refractivity contribution in [3.05, 3.63) is 54.1 Å². The Morgan fingerprint density at radius 1 is 1.03 bits per heavy atom. The number of anilines is 2. The molecule has 0 aliphatic heterocycles. The molecular formula is C22H27N3O3S. The van der Waals surface area contributed by atoms with Crippen LogP contribution in [-0.4, -0.2) is 23.5 Å². The summed E-state index contributed by atoms with van der Waals surface area (Å²) in [5.41, 5.74) is 1.73. The maximum absolute atomic E-state index is 12.6. The zero-order chi connectivity index (χ0) is 21.2. The smallest absolute Gasteiger partial charge is 0.261 e. The van der Waals surface area contributed by atoms with E-state index in [2.05, 4.69) is 29.8 Å². The molecule has 2 aromatic carbocycles. The first-order valence-electron chi connectivity index (χ1n) is 9.63. The Labute approximate surface area is 177 Å². The molecule has 2 aromatic rings. The highest BCUT2D eigenvalue weighted by atomic mass is 32.1. The number of hydrogen-bond donors (Lipinski definition) is 3. The molecule has 0 atom stereocenters. The van der Waals surface area contributed by atoms with Gasteiger partial charge in [-0.1, -0.05) is 39.0 Å². The van der Waals surface area contributed by atoms with E-state index in [0.717, 1.165) is 6.42 Å². The van der Waals surface area contributed by atoms with E-state index in [9.17, 15) is 9.59 Å². The lowest BCUT2D eigenvalue weighted by Gasteiger charge is -2.14. The molecule has 0 radical (unpaired) electrons. The van der Waals surface area contributed by atoms with Gasteiger partial charge < -0.3 is 15.4 Å². The van der Waals surface area contributed by atoms with Crippen molar-refractivity contribution in [2.45, 2.75) is 33.6 Å². The highest BCUT2D eigenvalue weighted by Gasteiger charge is 2.14. The second-order valence-electron chi connectivity index (χ2n) is 6.92. The summed E-state index contributed by atoms with van der Waals surface area (Å²) >= 11 is 5.26. The van der Waals surface area contributed by atoms with Crippen molar-refractivity contribution in [1.29, 1.82) is 0 Å². The van der Waals surface area contributed by atoms with Crippen molar-refractivity contribution in [3.8, 4) is 5.75 Å². The van der Waals surface area contributed by atoms with E-state index in [1.807, 2.05) is 6.07 Å². The summed E-state index contributed by atoms with van der Waals surface area (Å²) in [6, 6.07) is 14.2. The van der Waals surface area contributed by atoms with Crippen LogP contribution in [0.5, 0.6) is 5.75 Å². The molecule has 0 saturated heterocycles. The first-order chi connectivity index (χ1) is 13.9. The van der Waals surface area contributed by atoms with E-state index in [4.69, 9.17) is 17.0 Å². The Morgan fingerprint density at radius 2 is 1.72 bits per heavy atom. The lowest BCUT2D eigenvalue weighted by molar-refractivity contribution is -0.115. The van der Waals surface area contributed by atoms with E-state index in [1.165, 1.54) is 0 Å². The predicted octanol–water partition coefficient (Wildman–Crippen LogP) is 4.59. The third-order valence-electron chi connectivity index (χ3n) is 4.04. The highest BCUT2D eigenvalue weighted by Crippen LogP contribution is 2.19. The summed E-state index contributed by atoms with van der Waals surface area (Å²) in [5.74, 6) is 0.619. The van der Waals surface area contributed by atoms with Crippen LogP contribution in [0.3, 0.4) is 0 Å². The first kappa shape index (κ1) is 22.4. The zero-order valence-electron chi connectivity index (χ0n) is 17.0. The molecule has 2 amide bonds. The van der Waals surface area contributed by atoms with Gasteiger partial charge >= 0.3 is 0 Å². The monoisotopic (exact) mass is 413 g/mol. The van der Waals surface area contributed by atoms with Gasteiger partial charge in [-0.2, -0.15) is 0 Å². The van der Waals surface area contributed by atoms with Crippen molar-refractivity contribution in [1.82, 2.24) is 5.32 Å². The maximum Gasteiger partial charge on any atom is 0.261 e. The van der Waals surface area contributed by atoms with Crippen LogP contribution in [-0.2, 0) is 4.79 Å². The van der Waals surface area contributed by atoms with Crippen molar-refractivity contribution in [3.63, 3.8) is 0 Å². The minimum atomic E-state index is -0.349. The molecule has 0 aliphatic rings. The van der Waals surface area contributed by atoms with Gasteiger partial charge in [-0.25, -0.2) is 0 Å². The van der Waals surface area contributed by atoms with Crippen LogP contribution < -0.4 is 20.7 Å². The van der Waals surface area contributed by atoms with Crippen LogP contribution in [0.25, 0.3) is 0 Å². The van der Waals surface area contributed by atoms with Gasteiger partial charge in [-0.3, -0.25) is 14.9 Å². The molecule has 29 heavy (non-hydrogen) atoms. The molecule has 7 heteroatoms. The largest absolute Gasteiger partial charge is 0.493 e. The number of rotatable bonds is 8. The topological polar surface area (TPSA) is 79.5 Å². The molecule has 3 N–H and O–H groups in total. The molecule has 0 saturated carbocycles. The van der Waals surface area contributed by atoms with Crippen LogP contribution in [0.2, 0.25) is 0 Å². The quantitative estimate of drug-likeness (QED) is 0.552. The van der Waals surface area contributed by atoms with Gasteiger partial charge in [0.2, 0.25) is 5.91 Å². The minimum Gasteiger partial charge on any atom is -0.493 e. The molecule has 0 bridgehead atoms. The number of ether oxygens (including phenoxy) is 1. The Kier molecular flexibility index (Phi) is 8.61. The van der Waals surface area contributed by atoms with E-state index in [1.54, 1.807) is 49.4 Å². The van der Waals surface area contributed by atoms with Gasteiger partial charge in [-0.15, -0.1) is 0 Å². The second-order valence-corrected chi connectivity index (χ2v) is 7.33. The van der Waals surface area contributed by atoms with Crippen LogP contribution in [0.1, 0.15) is 44.0 Å². The Bertz CT molecular complexity index is 868. The fourth-order valence-electron chi connectivity index (χ4n) is 2.44. The van der Waals surface area contributed by atoms with Gasteiger partial charge in [0, 0.05) is 17.8 Å². The van der Waals surface area contributed by atoms with Crippen LogP contribution >= 0.6 is 12.2 Å². The van der Waals surface area contributed by atoms with Crippen molar-refractivity contribution < 1.29 is 14.3 Å². The van der Waals surface area contributed by atoms with Gasteiger partial charge in [0.25, 0.3) is 5.91 Å². The van der Waals surface area contributed by atoms with Crippen LogP contribution in [0.15, 0.2) is 48.5 Å². The Morgan fingerprint density at radius 3 is 2.41 bits per heavy atom. The molecule has 0 unspecified atom stereocenters. The standard InChI is InChI=1S/C22H27N3O3S/c1-4-20(26)23-16-8-7-9-17(14-16)24-22(29)25-21(27)18-10-5-6-11-19(18)28-13-12-15(2)3/h5-11,14-15H,4,12-13H2,1-3H3,(H,23,26)(H2,24,25,27,29). The minimum absolute atomic E-state index is 0.0768. The molecular weight excluding hydrogens is 386 g/mol. The van der Waals surface area contributed by atoms with Gasteiger partial charge in [0.15, 0.2) is 5.11 Å². The number of hydrogen-bond acceptors (Lipinski definition) is 4. The molecule has 154 valence electrons. The summed E-state index contributed by atoms with van der Waals surface area (Å²) < 4.78 is 5.77. The molecule has 6 nitrogen and oxygen atoms in total. The summed E-state index contributed by atoms with van der Waals surface area (Å²) in [5, 5.41) is 8.57. The predicted molar refractivity (Wildman–Crippen MR) is 120 cm³/mol. The van der Waals surface area contributed by atoms with E-state index in [-0.39, 0.29) is 16.9 Å². The molecule has 0 heterocycles. The van der Waals surface area contributed by atoms with Gasteiger partial charge in [0.05, 0.1) is 12.2 Å². The highest BCUT2D eigenvalue weighted by molar-refractivity contribution is 7.80. The molecule has 0 aliphatic carbocycles. The summed E-state index contributed by atoms with van der Waals surface area (Å²) in [7, 11) is 0. The first-order valence-corrected chi connectivity index (χ1v) is 10.0. The fraction of sp³-hybridized carbons (Fsp3) is 0.318. The molecule has 0 fully saturated rings. The number of benzene rings is 2. The lowest BCUT2D eigenvalue weighted by atomic mass is 10.1. The third kappa shape index (κ3) is 7.54. The van der Waals surface area contributed by atoms with Gasteiger partial charge in [0.1, 0.15) is 5.75 Å². The average molecular weight is 414 g/mol. The third-order valence-corrected chi connectivity index (χ3v) is 4.24. The van der Waals surface area contributed by atoms with E-state index >= 15 is 0 Å². The number of amides is 2. The summed E-state index contributed by atoms with van der Waals surface area (Å²) in [6.45, 7) is 6.57. The summed E-state index contributed by atoms with van der Waals surface area (Å²) in [4.78, 5) is 24.2. The maximum atomic E-state index is 12.6. The van der Waals surface area contributed by atoms with Crippen molar-refractivity contribution in [2.24, 2.45) is 5.92 Å². The number of carbonyl (C=O) groups excluding carboxylic acids is 2. The SMILES string of the molecule is CCC(=O)Nc1cccc(NC(=S)NC(=O)c2ccccc2OCCC(C)C)c1. The number of carbonyl (C=O) groups is 2. The molecule has 0 aromatic heterocycles. The number of nitrogens with one attached hydrogen (secondary N) is 3. The molecule has 0 spiro atoms. The van der Waals surface area contributed by atoms with Crippen LogP contribution in [0, 0.1) is 5.92 Å². The fourth-order valence-corrected chi connectivity index (χ4v) is 2.65. The second kappa shape index (κ2) is 11.2. The van der Waals surface area contributed by atoms with Crippen molar-refractivity contribution in [2.75, 3.05) is 17.2 Å². The van der Waals surface area contributed by atoms with Crippen LogP contribution in [0.4, 0.5) is 11.4 Å². The number of thiocarbonyl (C=S) groups is 1.